The van der Waals surface area contributed by atoms with E-state index < -0.39 is 0 Å². The molecule has 2 aromatic rings. The molecule has 20 heavy (non-hydrogen) atoms. The molecule has 0 saturated heterocycles. The average molecular weight is 290 g/mol. The number of benzene rings is 1. The fraction of sp³-hybridized carbons (Fsp3) is 0.357. The number of hydrogen-bond acceptors (Lipinski definition) is 4. The summed E-state index contributed by atoms with van der Waals surface area (Å²) in [4.78, 5) is 0. The van der Waals surface area contributed by atoms with E-state index >= 15 is 0 Å². The number of rotatable bonds is 6. The summed E-state index contributed by atoms with van der Waals surface area (Å²) in [6.45, 7) is 4.72. The summed E-state index contributed by atoms with van der Waals surface area (Å²) < 4.78 is 7.73. The molecule has 0 fully saturated rings. The van der Waals surface area contributed by atoms with Crippen LogP contribution in [0.3, 0.4) is 0 Å². The van der Waals surface area contributed by atoms with Gasteiger partial charge in [0.25, 0.3) is 0 Å². The molecule has 6 heteroatoms. The number of aromatic amines is 1. The Morgan fingerprint density at radius 3 is 3.05 bits per heavy atom. The van der Waals surface area contributed by atoms with Crippen LogP contribution in [0.25, 0.3) is 0 Å². The van der Waals surface area contributed by atoms with Gasteiger partial charge in [0.15, 0.2) is 0 Å². The second-order valence-electron chi connectivity index (χ2n) is 4.41. The van der Waals surface area contributed by atoms with Crippen molar-refractivity contribution in [3.8, 4) is 5.75 Å². The molecule has 0 amide bonds. The second-order valence-corrected chi connectivity index (χ2v) is 4.79. The van der Waals surface area contributed by atoms with Crippen LogP contribution in [0.5, 0.6) is 5.75 Å². The number of nitrogens with zero attached hydrogens (tertiary/aromatic N) is 3. The third-order valence-electron chi connectivity index (χ3n) is 2.76. The van der Waals surface area contributed by atoms with Gasteiger partial charge >= 0.3 is 0 Å². The molecule has 1 aromatic heterocycles. The Labute approximate surface area is 123 Å². The molecule has 0 radical (unpaired) electrons. The lowest BCUT2D eigenvalue weighted by Gasteiger charge is -2.05. The highest BCUT2D eigenvalue weighted by Gasteiger charge is 1.98. The van der Waals surface area contributed by atoms with Crippen LogP contribution in [-0.4, -0.2) is 27.7 Å². The van der Waals surface area contributed by atoms with Gasteiger partial charge in [-0.25, -0.2) is 0 Å². The number of H-pyrrole nitrogens is 1. The Hall–Kier alpha value is -1.95. The van der Waals surface area contributed by atoms with Crippen molar-refractivity contribution in [1.29, 1.82) is 0 Å². The number of nitrogens with one attached hydrogen (secondary N) is 1. The molecule has 1 heterocycles. The van der Waals surface area contributed by atoms with E-state index in [1.54, 1.807) is 10.9 Å². The summed E-state index contributed by atoms with van der Waals surface area (Å²) in [5, 5.41) is 11.0. The van der Waals surface area contributed by atoms with Gasteiger partial charge in [0.2, 0.25) is 4.77 Å². The number of hydrogen-bond donors (Lipinski definition) is 1. The van der Waals surface area contributed by atoms with Crippen molar-refractivity contribution in [3.63, 3.8) is 0 Å². The van der Waals surface area contributed by atoms with Crippen LogP contribution in [0, 0.1) is 11.7 Å². The highest BCUT2D eigenvalue weighted by atomic mass is 32.1. The fourth-order valence-corrected chi connectivity index (χ4v) is 1.87. The first kappa shape index (κ1) is 14.5. The van der Waals surface area contributed by atoms with Gasteiger partial charge < -0.3 is 4.74 Å². The van der Waals surface area contributed by atoms with Crippen molar-refractivity contribution in [2.45, 2.75) is 26.7 Å². The van der Waals surface area contributed by atoms with Crippen molar-refractivity contribution >= 4 is 18.4 Å². The van der Waals surface area contributed by atoms with Crippen molar-refractivity contribution < 1.29 is 4.74 Å². The van der Waals surface area contributed by atoms with Crippen LogP contribution in [0.1, 0.15) is 31.2 Å². The van der Waals surface area contributed by atoms with Crippen LogP contribution in [0.2, 0.25) is 0 Å². The maximum absolute atomic E-state index is 5.66. The molecule has 0 atom stereocenters. The van der Waals surface area contributed by atoms with E-state index in [0.717, 1.165) is 36.6 Å². The summed E-state index contributed by atoms with van der Waals surface area (Å²) >= 11 is 5.09. The van der Waals surface area contributed by atoms with Crippen LogP contribution < -0.4 is 4.74 Å². The quantitative estimate of drug-likeness (QED) is 0.504. The van der Waals surface area contributed by atoms with Gasteiger partial charge in [-0.15, -0.1) is 0 Å². The number of unbranched alkanes of at least 4 members (excludes halogenated alkanes) is 1. The molecule has 0 aliphatic rings. The average Bonchev–Trinajstić information content (AvgIpc) is 2.77. The van der Waals surface area contributed by atoms with E-state index in [1.807, 2.05) is 31.2 Å². The topological polar surface area (TPSA) is 55.2 Å². The Balaban J connectivity index is 2.10. The van der Waals surface area contributed by atoms with E-state index in [4.69, 9.17) is 17.0 Å². The van der Waals surface area contributed by atoms with Crippen molar-refractivity contribution in [1.82, 2.24) is 14.9 Å². The number of aryl methyl sites for hydroxylation is 1. The normalized spacial score (nSPS) is 11.1. The summed E-state index contributed by atoms with van der Waals surface area (Å²) in [6, 6.07) is 7.82. The molecule has 5 nitrogen and oxygen atoms in total. The molecule has 0 aliphatic heterocycles. The minimum Gasteiger partial charge on any atom is -0.494 e. The van der Waals surface area contributed by atoms with Crippen LogP contribution in [0.4, 0.5) is 0 Å². The predicted octanol–water partition coefficient (Wildman–Crippen LogP) is 3.31. The van der Waals surface area contributed by atoms with Gasteiger partial charge in [0.1, 0.15) is 11.6 Å². The van der Waals surface area contributed by atoms with Gasteiger partial charge in [0.05, 0.1) is 12.8 Å². The molecule has 0 bridgehead atoms. The largest absolute Gasteiger partial charge is 0.494 e. The molecule has 106 valence electrons. The van der Waals surface area contributed by atoms with Crippen LogP contribution >= 0.6 is 12.2 Å². The molecule has 0 unspecified atom stereocenters. The first-order chi connectivity index (χ1) is 9.70. The summed E-state index contributed by atoms with van der Waals surface area (Å²) in [7, 11) is 0. The van der Waals surface area contributed by atoms with Gasteiger partial charge in [-0.3, -0.25) is 5.10 Å². The molecule has 0 spiro atoms. The highest BCUT2D eigenvalue weighted by molar-refractivity contribution is 7.71. The van der Waals surface area contributed by atoms with E-state index in [-0.39, 0.29) is 0 Å². The first-order valence-corrected chi connectivity index (χ1v) is 7.02. The number of aromatic nitrogens is 3. The Bertz CT molecular complexity index is 645. The van der Waals surface area contributed by atoms with Crippen LogP contribution in [-0.2, 0) is 0 Å². The molecule has 2 rings (SSSR count). The molecule has 1 N–H and O–H groups in total. The van der Waals surface area contributed by atoms with Gasteiger partial charge in [-0.05, 0) is 43.3 Å². The number of ether oxygens (including phenoxy) is 1. The first-order valence-electron chi connectivity index (χ1n) is 6.62. The lowest BCUT2D eigenvalue weighted by Crippen LogP contribution is -1.97. The molecule has 0 aliphatic carbocycles. The summed E-state index contributed by atoms with van der Waals surface area (Å²) in [5.41, 5.74) is 0.960. The highest BCUT2D eigenvalue weighted by Crippen LogP contribution is 2.12. The zero-order valence-electron chi connectivity index (χ0n) is 11.7. The fourth-order valence-electron chi connectivity index (χ4n) is 1.65. The van der Waals surface area contributed by atoms with E-state index in [1.165, 1.54) is 0 Å². The van der Waals surface area contributed by atoms with Crippen molar-refractivity contribution in [3.05, 3.63) is 40.4 Å². The third kappa shape index (κ3) is 3.77. The van der Waals surface area contributed by atoms with Gasteiger partial charge in [-0.2, -0.15) is 14.9 Å². The molecular weight excluding hydrogens is 272 g/mol. The second kappa shape index (κ2) is 7.00. The SMILES string of the molecule is CCCCOc1cccc(/C=N/n2c(C)n[nH]c2=S)c1. The summed E-state index contributed by atoms with van der Waals surface area (Å²) in [6.07, 6.45) is 3.92. The van der Waals surface area contributed by atoms with Crippen molar-refractivity contribution in [2.24, 2.45) is 5.10 Å². The monoisotopic (exact) mass is 290 g/mol. The van der Waals surface area contributed by atoms with Crippen molar-refractivity contribution in [2.75, 3.05) is 6.61 Å². The minimum atomic E-state index is 0.481. The Morgan fingerprint density at radius 2 is 2.35 bits per heavy atom. The lowest BCUT2D eigenvalue weighted by molar-refractivity contribution is 0.309. The maximum atomic E-state index is 5.66. The minimum absolute atomic E-state index is 0.481. The van der Waals surface area contributed by atoms with Gasteiger partial charge in [0, 0.05) is 0 Å². The lowest BCUT2D eigenvalue weighted by atomic mass is 10.2. The zero-order valence-corrected chi connectivity index (χ0v) is 12.5. The standard InChI is InChI=1S/C14H18N4OS/c1-3-4-8-19-13-7-5-6-12(9-13)10-15-18-11(2)16-17-14(18)20/h5-7,9-10H,3-4,8H2,1-2H3,(H,17,20)/b15-10+. The maximum Gasteiger partial charge on any atom is 0.216 e. The predicted molar refractivity (Wildman–Crippen MR) is 82.0 cm³/mol. The molecule has 0 saturated carbocycles. The third-order valence-corrected chi connectivity index (χ3v) is 3.02. The van der Waals surface area contributed by atoms with E-state index in [2.05, 4.69) is 22.2 Å². The Kier molecular flexibility index (Phi) is 5.06. The van der Waals surface area contributed by atoms with Gasteiger partial charge in [-0.1, -0.05) is 25.5 Å². The molecular formula is C14H18N4OS. The van der Waals surface area contributed by atoms with E-state index in [0.29, 0.717) is 4.77 Å². The zero-order chi connectivity index (χ0) is 14.4. The molecule has 1 aromatic carbocycles. The van der Waals surface area contributed by atoms with Crippen LogP contribution in [0.15, 0.2) is 29.4 Å². The van der Waals surface area contributed by atoms with E-state index in [9.17, 15) is 0 Å². The Morgan fingerprint density at radius 1 is 1.50 bits per heavy atom. The smallest absolute Gasteiger partial charge is 0.216 e. The summed E-state index contributed by atoms with van der Waals surface area (Å²) in [5.74, 6) is 1.58.